The van der Waals surface area contributed by atoms with Crippen LogP contribution in [0.25, 0.3) is 0 Å². The van der Waals surface area contributed by atoms with Crippen LogP contribution < -0.4 is 15.5 Å². The Morgan fingerprint density at radius 3 is 2.68 bits per heavy atom. The number of aliphatic imine (C=N–C) groups is 1. The molecule has 138 valence electrons. The number of hydrogen-bond acceptors (Lipinski definition) is 4. The number of hydrogen-bond donors (Lipinski definition) is 3. The van der Waals surface area contributed by atoms with Gasteiger partial charge in [0.15, 0.2) is 11.0 Å². The van der Waals surface area contributed by atoms with Crippen molar-refractivity contribution < 1.29 is 19.8 Å². The van der Waals surface area contributed by atoms with E-state index < -0.39 is 5.92 Å². The van der Waals surface area contributed by atoms with Crippen LogP contribution in [-0.4, -0.2) is 73.4 Å². The normalized spacial score (nSPS) is 27.1. The SMILES string of the molecule is O=C1NC(=S)N(C2CCCCC2)C(=O)[C@@H]1C=NCC[NH+]1CC[NH2+]CC1. The minimum atomic E-state index is -0.835. The maximum absolute atomic E-state index is 12.8. The summed E-state index contributed by atoms with van der Waals surface area (Å²) < 4.78 is 0. The molecule has 3 aliphatic rings. The molecule has 0 aromatic rings. The average Bonchev–Trinajstić information content (AvgIpc) is 2.62. The average molecular weight is 368 g/mol. The molecule has 0 spiro atoms. The van der Waals surface area contributed by atoms with Crippen LogP contribution >= 0.6 is 12.2 Å². The van der Waals surface area contributed by atoms with E-state index in [1.54, 1.807) is 9.80 Å². The smallest absolute Gasteiger partial charge is 0.247 e. The zero-order chi connectivity index (χ0) is 17.6. The fourth-order valence-electron chi connectivity index (χ4n) is 3.96. The van der Waals surface area contributed by atoms with E-state index in [0.29, 0.717) is 6.54 Å². The van der Waals surface area contributed by atoms with Gasteiger partial charge in [-0.3, -0.25) is 19.5 Å². The molecule has 3 fully saturated rings. The number of nitrogens with one attached hydrogen (secondary N) is 2. The summed E-state index contributed by atoms with van der Waals surface area (Å²) in [7, 11) is 0. The molecule has 0 bridgehead atoms. The highest BCUT2D eigenvalue weighted by Crippen LogP contribution is 2.25. The van der Waals surface area contributed by atoms with Crippen molar-refractivity contribution in [3.05, 3.63) is 0 Å². The number of carbonyl (C=O) groups excluding carboxylic acids is 2. The van der Waals surface area contributed by atoms with Crippen LogP contribution in [0, 0.1) is 5.92 Å². The van der Waals surface area contributed by atoms with Gasteiger partial charge in [0.05, 0.1) is 13.1 Å². The molecule has 0 unspecified atom stereocenters. The van der Waals surface area contributed by atoms with Crippen molar-refractivity contribution in [2.24, 2.45) is 10.9 Å². The quantitative estimate of drug-likeness (QED) is 0.291. The first-order valence-electron chi connectivity index (χ1n) is 9.50. The van der Waals surface area contributed by atoms with Crippen molar-refractivity contribution in [3.63, 3.8) is 0 Å². The van der Waals surface area contributed by atoms with Crippen LogP contribution in [0.1, 0.15) is 32.1 Å². The molecule has 0 radical (unpaired) electrons. The lowest BCUT2D eigenvalue weighted by molar-refractivity contribution is -0.945. The van der Waals surface area contributed by atoms with Crippen LogP contribution in [0.15, 0.2) is 4.99 Å². The van der Waals surface area contributed by atoms with Crippen LogP contribution in [0.5, 0.6) is 0 Å². The number of nitrogens with two attached hydrogens (primary N) is 1. The first-order chi connectivity index (χ1) is 12.2. The Bertz CT molecular complexity index is 541. The molecule has 2 heterocycles. The number of quaternary nitrogens is 2. The molecular weight excluding hydrogens is 338 g/mol. The highest BCUT2D eigenvalue weighted by Gasteiger charge is 2.41. The lowest BCUT2D eigenvalue weighted by Crippen LogP contribution is -3.20. The third-order valence-corrected chi connectivity index (χ3v) is 5.73. The molecule has 1 atom stereocenters. The molecule has 2 saturated heterocycles. The predicted octanol–water partition coefficient (Wildman–Crippen LogP) is -2.29. The van der Waals surface area contributed by atoms with Crippen molar-refractivity contribution in [2.45, 2.75) is 38.1 Å². The lowest BCUT2D eigenvalue weighted by atomic mass is 9.92. The predicted molar refractivity (Wildman–Crippen MR) is 98.5 cm³/mol. The van der Waals surface area contributed by atoms with Gasteiger partial charge in [-0.15, -0.1) is 0 Å². The maximum Gasteiger partial charge on any atom is 0.247 e. The van der Waals surface area contributed by atoms with E-state index in [2.05, 4.69) is 15.6 Å². The molecule has 8 heteroatoms. The summed E-state index contributed by atoms with van der Waals surface area (Å²) in [4.78, 5) is 32.6. The van der Waals surface area contributed by atoms with Gasteiger partial charge in [0, 0.05) is 12.3 Å². The minimum Gasteiger partial charge on any atom is -0.337 e. The highest BCUT2D eigenvalue weighted by atomic mass is 32.1. The Labute approximate surface area is 154 Å². The number of amides is 2. The molecule has 0 aromatic heterocycles. The van der Waals surface area contributed by atoms with Gasteiger partial charge >= 0.3 is 0 Å². The minimum absolute atomic E-state index is 0.124. The molecule has 3 rings (SSSR count). The first-order valence-corrected chi connectivity index (χ1v) is 9.90. The molecule has 7 nitrogen and oxygen atoms in total. The molecule has 0 aromatic carbocycles. The third-order valence-electron chi connectivity index (χ3n) is 5.43. The maximum atomic E-state index is 12.8. The second-order valence-corrected chi connectivity index (χ2v) is 7.58. The van der Waals surface area contributed by atoms with E-state index in [0.717, 1.165) is 58.4 Å². The third kappa shape index (κ3) is 4.62. The van der Waals surface area contributed by atoms with Gasteiger partial charge in [-0.1, -0.05) is 19.3 Å². The Morgan fingerprint density at radius 2 is 1.96 bits per heavy atom. The number of nitrogens with zero attached hydrogens (tertiary/aromatic N) is 2. The summed E-state index contributed by atoms with van der Waals surface area (Å²) in [6, 6.07) is 0.124. The molecule has 2 aliphatic heterocycles. The largest absolute Gasteiger partial charge is 0.337 e. The molecule has 1 aliphatic carbocycles. The fourth-order valence-corrected chi connectivity index (χ4v) is 4.30. The first kappa shape index (κ1) is 18.4. The van der Waals surface area contributed by atoms with Crippen LogP contribution in [0.2, 0.25) is 0 Å². The second kappa shape index (κ2) is 8.82. The van der Waals surface area contributed by atoms with Crippen LogP contribution in [-0.2, 0) is 9.59 Å². The molecule has 25 heavy (non-hydrogen) atoms. The summed E-state index contributed by atoms with van der Waals surface area (Å²) >= 11 is 5.26. The summed E-state index contributed by atoms with van der Waals surface area (Å²) in [5, 5.41) is 5.29. The van der Waals surface area contributed by atoms with Crippen molar-refractivity contribution in [2.75, 3.05) is 39.3 Å². The van der Waals surface area contributed by atoms with E-state index in [1.807, 2.05) is 0 Å². The van der Waals surface area contributed by atoms with Crippen molar-refractivity contribution in [1.82, 2.24) is 10.2 Å². The van der Waals surface area contributed by atoms with Gasteiger partial charge in [-0.05, 0) is 25.1 Å². The highest BCUT2D eigenvalue weighted by molar-refractivity contribution is 7.80. The van der Waals surface area contributed by atoms with E-state index in [9.17, 15) is 9.59 Å². The van der Waals surface area contributed by atoms with Gasteiger partial charge in [0.1, 0.15) is 26.2 Å². The topological polar surface area (TPSA) is 82.8 Å². The second-order valence-electron chi connectivity index (χ2n) is 7.19. The molecule has 1 saturated carbocycles. The van der Waals surface area contributed by atoms with Gasteiger partial charge < -0.3 is 15.5 Å². The Balaban J connectivity index is 1.57. The summed E-state index contributed by atoms with van der Waals surface area (Å²) in [6.45, 7) is 6.24. The molecule has 2 amide bonds. The van der Waals surface area contributed by atoms with Gasteiger partial charge in [0.2, 0.25) is 11.8 Å². The molecular formula is C17H29N5O2S+2. The van der Waals surface area contributed by atoms with E-state index >= 15 is 0 Å². The van der Waals surface area contributed by atoms with E-state index in [4.69, 9.17) is 12.2 Å². The number of thiocarbonyl (C=S) groups is 1. The van der Waals surface area contributed by atoms with Gasteiger partial charge in [0.25, 0.3) is 0 Å². The van der Waals surface area contributed by atoms with Crippen molar-refractivity contribution in [1.29, 1.82) is 0 Å². The zero-order valence-electron chi connectivity index (χ0n) is 14.7. The number of carbonyl (C=O) groups is 2. The fraction of sp³-hybridized carbons (Fsp3) is 0.765. The monoisotopic (exact) mass is 367 g/mol. The summed E-state index contributed by atoms with van der Waals surface area (Å²) in [5.41, 5.74) is 0. The Morgan fingerprint density at radius 1 is 1.24 bits per heavy atom. The summed E-state index contributed by atoms with van der Waals surface area (Å²) in [6.07, 6.45) is 6.88. The number of piperazine rings is 1. The van der Waals surface area contributed by atoms with E-state index in [1.165, 1.54) is 12.6 Å². The van der Waals surface area contributed by atoms with Gasteiger partial charge in [-0.25, -0.2) is 0 Å². The molecule has 4 N–H and O–H groups in total. The summed E-state index contributed by atoms with van der Waals surface area (Å²) in [5.74, 6) is -1.38. The lowest BCUT2D eigenvalue weighted by Gasteiger charge is -2.38. The van der Waals surface area contributed by atoms with Crippen LogP contribution in [0.4, 0.5) is 0 Å². The van der Waals surface area contributed by atoms with Crippen molar-refractivity contribution >= 4 is 35.4 Å². The number of rotatable bonds is 5. The Hall–Kier alpha value is -1.38. The van der Waals surface area contributed by atoms with Gasteiger partial charge in [-0.2, -0.15) is 0 Å². The Kier molecular flexibility index (Phi) is 6.50. The van der Waals surface area contributed by atoms with Crippen molar-refractivity contribution in [3.8, 4) is 0 Å². The zero-order valence-corrected chi connectivity index (χ0v) is 15.5. The standard InChI is InChI=1S/C17H27N5O2S/c23-15-14(12-19-8-11-21-9-6-18-7-10-21)16(24)22(17(25)20-15)13-4-2-1-3-5-13/h12-14,18H,1-11H2,(H,20,23,25)/p+2/t14-/m1/s1. The van der Waals surface area contributed by atoms with E-state index in [-0.39, 0.29) is 23.0 Å². The van der Waals surface area contributed by atoms with Crippen LogP contribution in [0.3, 0.4) is 0 Å².